The van der Waals surface area contributed by atoms with Crippen molar-refractivity contribution in [3.05, 3.63) is 0 Å². The smallest absolute Gasteiger partial charge is 0.381 e. The van der Waals surface area contributed by atoms with Crippen molar-refractivity contribution in [3.63, 3.8) is 0 Å². The summed E-state index contributed by atoms with van der Waals surface area (Å²) in [6.45, 7) is 0.497. The molecule has 5 nitrogen and oxygen atoms in total. The molecule has 2 heterocycles. The average molecular weight is 347 g/mol. The van der Waals surface area contributed by atoms with Gasteiger partial charge in [-0.05, 0) is 31.6 Å². The number of halogens is 4. The Morgan fingerprint density at radius 1 is 1.36 bits per heavy atom. The number of aliphatic hydroxyl groups is 1. The van der Waals surface area contributed by atoms with Gasteiger partial charge in [-0.3, -0.25) is 4.79 Å². The number of β-amino-alcohol motifs (C(OH)–C–C–N with tert-alkyl or cyclic N) is 1. The molecule has 2 aliphatic heterocycles. The summed E-state index contributed by atoms with van der Waals surface area (Å²) < 4.78 is 43.8. The van der Waals surface area contributed by atoms with Gasteiger partial charge in [-0.25, -0.2) is 0 Å². The lowest BCUT2D eigenvalue weighted by molar-refractivity contribution is -0.272. The molecule has 2 saturated heterocycles. The van der Waals surface area contributed by atoms with Gasteiger partial charge in [-0.2, -0.15) is 13.2 Å². The molecule has 2 aliphatic rings. The highest BCUT2D eigenvalue weighted by Crippen LogP contribution is 2.37. The van der Waals surface area contributed by atoms with Crippen molar-refractivity contribution < 1.29 is 27.8 Å². The van der Waals surface area contributed by atoms with Crippen LogP contribution in [0.5, 0.6) is 0 Å². The van der Waals surface area contributed by atoms with Crippen molar-refractivity contribution in [3.8, 4) is 0 Å². The van der Waals surface area contributed by atoms with E-state index < -0.39 is 30.3 Å². The second kappa shape index (κ2) is 7.33. The lowest BCUT2D eigenvalue weighted by atomic mass is 9.88. The van der Waals surface area contributed by atoms with Crippen LogP contribution in [0.2, 0.25) is 0 Å². The average Bonchev–Trinajstić information content (AvgIpc) is 2.45. The van der Waals surface area contributed by atoms with Gasteiger partial charge in [-0.15, -0.1) is 12.4 Å². The van der Waals surface area contributed by atoms with Crippen LogP contribution in [-0.4, -0.2) is 60.0 Å². The van der Waals surface area contributed by atoms with Crippen molar-refractivity contribution in [2.75, 3.05) is 26.3 Å². The summed E-state index contributed by atoms with van der Waals surface area (Å²) in [4.78, 5) is 13.3. The normalized spacial score (nSPS) is 28.9. The van der Waals surface area contributed by atoms with Gasteiger partial charge < -0.3 is 20.5 Å². The minimum absolute atomic E-state index is 0. The molecule has 0 aromatic heterocycles. The molecule has 0 aromatic carbocycles. The van der Waals surface area contributed by atoms with Crippen LogP contribution < -0.4 is 5.73 Å². The van der Waals surface area contributed by atoms with Gasteiger partial charge in [0.05, 0.1) is 12.6 Å². The molecule has 2 fully saturated rings. The van der Waals surface area contributed by atoms with E-state index in [2.05, 4.69) is 0 Å². The summed E-state index contributed by atoms with van der Waals surface area (Å²) in [7, 11) is 0. The fourth-order valence-electron chi connectivity index (χ4n) is 2.94. The first-order chi connectivity index (χ1) is 9.74. The Kier molecular flexibility index (Phi) is 6.49. The maximum absolute atomic E-state index is 12.9. The molecule has 0 bridgehead atoms. The Morgan fingerprint density at radius 2 is 1.95 bits per heavy atom. The van der Waals surface area contributed by atoms with Gasteiger partial charge in [0.25, 0.3) is 0 Å². The number of amides is 1. The zero-order valence-corrected chi connectivity index (χ0v) is 13.0. The Morgan fingerprint density at radius 3 is 2.50 bits per heavy atom. The highest BCUT2D eigenvalue weighted by Gasteiger charge is 2.56. The largest absolute Gasteiger partial charge is 0.418 e. The van der Waals surface area contributed by atoms with Crippen molar-refractivity contribution in [1.29, 1.82) is 0 Å². The maximum Gasteiger partial charge on any atom is 0.418 e. The summed E-state index contributed by atoms with van der Waals surface area (Å²) in [6, 6.07) is -0.829. The van der Waals surface area contributed by atoms with Crippen LogP contribution in [0.4, 0.5) is 13.2 Å². The van der Waals surface area contributed by atoms with Gasteiger partial charge in [0.2, 0.25) is 5.91 Å². The molecular formula is C13H22ClF3N2O3. The molecule has 130 valence electrons. The van der Waals surface area contributed by atoms with Gasteiger partial charge in [0.15, 0.2) is 5.60 Å². The van der Waals surface area contributed by atoms with Crippen LogP contribution in [0.3, 0.4) is 0 Å². The van der Waals surface area contributed by atoms with Crippen LogP contribution in [0, 0.1) is 5.92 Å². The van der Waals surface area contributed by atoms with Crippen LogP contribution in [0.25, 0.3) is 0 Å². The number of alkyl halides is 3. The highest BCUT2D eigenvalue weighted by molar-refractivity contribution is 5.85. The minimum atomic E-state index is -4.74. The topological polar surface area (TPSA) is 75.8 Å². The molecule has 2 atom stereocenters. The summed E-state index contributed by atoms with van der Waals surface area (Å²) in [6.07, 6.45) is -3.75. The molecular weight excluding hydrogens is 325 g/mol. The zero-order chi connectivity index (χ0) is 15.7. The third-order valence-corrected chi connectivity index (χ3v) is 4.37. The fourth-order valence-corrected chi connectivity index (χ4v) is 2.94. The Labute approximate surface area is 133 Å². The van der Waals surface area contributed by atoms with Crippen molar-refractivity contribution >= 4 is 18.3 Å². The zero-order valence-electron chi connectivity index (χ0n) is 12.1. The minimum Gasteiger partial charge on any atom is -0.381 e. The summed E-state index contributed by atoms with van der Waals surface area (Å²) in [5.74, 6) is -0.587. The van der Waals surface area contributed by atoms with Crippen LogP contribution in [0.1, 0.15) is 25.7 Å². The lowest BCUT2D eigenvalue weighted by Gasteiger charge is -2.41. The van der Waals surface area contributed by atoms with E-state index in [-0.39, 0.29) is 37.7 Å². The predicted molar refractivity (Wildman–Crippen MR) is 75.6 cm³/mol. The first kappa shape index (κ1) is 19.5. The van der Waals surface area contributed by atoms with Gasteiger partial charge in [0, 0.05) is 19.8 Å². The van der Waals surface area contributed by atoms with Gasteiger partial charge >= 0.3 is 6.18 Å². The first-order valence-electron chi connectivity index (χ1n) is 7.16. The van der Waals surface area contributed by atoms with Gasteiger partial charge in [0.1, 0.15) is 0 Å². The molecule has 22 heavy (non-hydrogen) atoms. The Bertz CT molecular complexity index is 391. The number of ether oxygens (including phenoxy) is 1. The maximum atomic E-state index is 12.9. The SMILES string of the molecule is Cl.NC(C(=O)N1CCCC(O)(C(F)(F)F)C1)C1CCOCC1. The van der Waals surface area contributed by atoms with E-state index in [0.717, 1.165) is 4.90 Å². The summed E-state index contributed by atoms with van der Waals surface area (Å²) >= 11 is 0. The number of piperidine rings is 1. The molecule has 2 unspecified atom stereocenters. The van der Waals surface area contributed by atoms with Crippen LogP contribution in [-0.2, 0) is 9.53 Å². The van der Waals surface area contributed by atoms with E-state index in [1.54, 1.807) is 0 Å². The number of carbonyl (C=O) groups is 1. The number of nitrogens with two attached hydrogens (primary N) is 1. The van der Waals surface area contributed by atoms with E-state index in [1.165, 1.54) is 0 Å². The van der Waals surface area contributed by atoms with Crippen molar-refractivity contribution in [2.45, 2.75) is 43.5 Å². The quantitative estimate of drug-likeness (QED) is 0.784. The molecule has 0 radical (unpaired) electrons. The molecule has 0 aliphatic carbocycles. The van der Waals surface area contributed by atoms with Gasteiger partial charge in [-0.1, -0.05) is 0 Å². The van der Waals surface area contributed by atoms with E-state index in [4.69, 9.17) is 10.5 Å². The van der Waals surface area contributed by atoms with E-state index in [9.17, 15) is 23.1 Å². The molecule has 3 N–H and O–H groups in total. The van der Waals surface area contributed by atoms with Crippen molar-refractivity contribution in [1.82, 2.24) is 4.90 Å². The third-order valence-electron chi connectivity index (χ3n) is 4.37. The molecule has 1 amide bonds. The Balaban J connectivity index is 0.00000242. The molecule has 0 saturated carbocycles. The summed E-state index contributed by atoms with van der Waals surface area (Å²) in [5.41, 5.74) is 3.09. The predicted octanol–water partition coefficient (Wildman–Crippen LogP) is 1.08. The number of likely N-dealkylation sites (tertiary alicyclic amines) is 1. The van der Waals surface area contributed by atoms with Crippen LogP contribution in [0.15, 0.2) is 0 Å². The lowest BCUT2D eigenvalue weighted by Crippen LogP contribution is -2.61. The van der Waals surface area contributed by atoms with E-state index >= 15 is 0 Å². The van der Waals surface area contributed by atoms with E-state index in [1.807, 2.05) is 0 Å². The van der Waals surface area contributed by atoms with E-state index in [0.29, 0.717) is 26.1 Å². The first-order valence-corrected chi connectivity index (χ1v) is 7.16. The second-order valence-electron chi connectivity index (χ2n) is 5.87. The molecule has 2 rings (SSSR count). The molecule has 9 heteroatoms. The van der Waals surface area contributed by atoms with Crippen LogP contribution >= 0.6 is 12.4 Å². The Hall–Kier alpha value is -0.570. The fraction of sp³-hybridized carbons (Fsp3) is 0.923. The summed E-state index contributed by atoms with van der Waals surface area (Å²) in [5, 5.41) is 9.74. The number of rotatable bonds is 2. The number of nitrogens with zero attached hydrogens (tertiary/aromatic N) is 1. The number of hydrogen-bond donors (Lipinski definition) is 2. The molecule has 0 aromatic rings. The standard InChI is InChI=1S/C13H21F3N2O3.ClH/c14-13(15,16)12(20)4-1-5-18(8-12)11(19)10(17)9-2-6-21-7-3-9;/h9-10,20H,1-8,17H2;1H. The third kappa shape index (κ3) is 4.04. The molecule has 0 spiro atoms. The highest BCUT2D eigenvalue weighted by atomic mass is 35.5. The number of carbonyl (C=O) groups excluding carboxylic acids is 1. The van der Waals surface area contributed by atoms with Crippen molar-refractivity contribution in [2.24, 2.45) is 11.7 Å². The monoisotopic (exact) mass is 346 g/mol. The second-order valence-corrected chi connectivity index (χ2v) is 5.87. The number of hydrogen-bond acceptors (Lipinski definition) is 4.